The van der Waals surface area contributed by atoms with E-state index in [4.69, 9.17) is 0 Å². The standard InChI is InChI=1S/C9H16O/c1-6(2)9-4-3-8(10)7(9)5-9/h6-8,10H,3-5H2,1-2H3/t7-,8?,9-/m1/s1. The third-order valence-electron chi connectivity index (χ3n) is 3.70. The second-order valence-corrected chi connectivity index (χ2v) is 4.30. The maximum absolute atomic E-state index is 9.45. The maximum Gasteiger partial charge on any atom is 0.0574 e. The molecule has 2 saturated carbocycles. The zero-order valence-electron chi connectivity index (χ0n) is 6.80. The van der Waals surface area contributed by atoms with E-state index in [1.165, 1.54) is 12.8 Å². The van der Waals surface area contributed by atoms with Crippen LogP contribution in [0.3, 0.4) is 0 Å². The van der Waals surface area contributed by atoms with E-state index in [1.54, 1.807) is 0 Å². The molecule has 3 atom stereocenters. The molecule has 2 fully saturated rings. The molecule has 2 rings (SSSR count). The van der Waals surface area contributed by atoms with Crippen LogP contribution in [0, 0.1) is 17.3 Å². The Morgan fingerprint density at radius 1 is 1.50 bits per heavy atom. The summed E-state index contributed by atoms with van der Waals surface area (Å²) in [6, 6.07) is 0. The van der Waals surface area contributed by atoms with Gasteiger partial charge in [0, 0.05) is 0 Å². The minimum Gasteiger partial charge on any atom is -0.393 e. The molecule has 2 aliphatic carbocycles. The molecule has 0 aliphatic heterocycles. The van der Waals surface area contributed by atoms with Gasteiger partial charge in [-0.05, 0) is 36.5 Å². The highest BCUT2D eigenvalue weighted by Crippen LogP contribution is 2.67. The molecule has 0 aromatic rings. The molecular weight excluding hydrogens is 124 g/mol. The fraction of sp³-hybridized carbons (Fsp3) is 1.00. The van der Waals surface area contributed by atoms with Crippen molar-refractivity contribution >= 4 is 0 Å². The molecule has 0 spiro atoms. The van der Waals surface area contributed by atoms with Crippen molar-refractivity contribution in [2.45, 2.75) is 39.2 Å². The van der Waals surface area contributed by atoms with Gasteiger partial charge >= 0.3 is 0 Å². The van der Waals surface area contributed by atoms with Gasteiger partial charge in [-0.1, -0.05) is 13.8 Å². The number of hydrogen-bond donors (Lipinski definition) is 1. The molecule has 0 radical (unpaired) electrons. The predicted octanol–water partition coefficient (Wildman–Crippen LogP) is 1.80. The highest BCUT2D eigenvalue weighted by atomic mass is 16.3. The lowest BCUT2D eigenvalue weighted by molar-refractivity contribution is 0.157. The molecule has 58 valence electrons. The van der Waals surface area contributed by atoms with Gasteiger partial charge in [0.1, 0.15) is 0 Å². The van der Waals surface area contributed by atoms with E-state index < -0.39 is 0 Å². The fourth-order valence-electron chi connectivity index (χ4n) is 2.73. The average Bonchev–Trinajstić information content (AvgIpc) is 2.52. The van der Waals surface area contributed by atoms with Crippen molar-refractivity contribution in [3.8, 4) is 0 Å². The molecule has 2 aliphatic rings. The number of fused-ring (bicyclic) bond motifs is 1. The van der Waals surface area contributed by atoms with Crippen LogP contribution in [0.2, 0.25) is 0 Å². The SMILES string of the molecule is CC(C)[C@]12CCC(O)[C@H]1C2. The van der Waals surface area contributed by atoms with Crippen LogP contribution >= 0.6 is 0 Å². The summed E-state index contributed by atoms with van der Waals surface area (Å²) < 4.78 is 0. The molecule has 0 heterocycles. The van der Waals surface area contributed by atoms with E-state index in [9.17, 15) is 5.11 Å². The normalized spacial score (nSPS) is 51.6. The maximum atomic E-state index is 9.45. The van der Waals surface area contributed by atoms with E-state index in [1.807, 2.05) is 0 Å². The minimum absolute atomic E-state index is 0.0439. The summed E-state index contributed by atoms with van der Waals surface area (Å²) in [5.74, 6) is 1.46. The van der Waals surface area contributed by atoms with Gasteiger partial charge in [-0.3, -0.25) is 0 Å². The Labute approximate surface area is 62.4 Å². The molecule has 0 saturated heterocycles. The third kappa shape index (κ3) is 0.619. The lowest BCUT2D eigenvalue weighted by Gasteiger charge is -2.15. The summed E-state index contributed by atoms with van der Waals surface area (Å²) in [5, 5.41) is 9.45. The first-order chi connectivity index (χ1) is 4.67. The Morgan fingerprint density at radius 3 is 2.40 bits per heavy atom. The van der Waals surface area contributed by atoms with Gasteiger partial charge in [0.05, 0.1) is 6.10 Å². The number of rotatable bonds is 1. The number of hydrogen-bond acceptors (Lipinski definition) is 1. The van der Waals surface area contributed by atoms with E-state index >= 15 is 0 Å². The first-order valence-electron chi connectivity index (χ1n) is 4.35. The average molecular weight is 140 g/mol. The first kappa shape index (κ1) is 6.66. The van der Waals surface area contributed by atoms with Crippen molar-refractivity contribution < 1.29 is 5.11 Å². The van der Waals surface area contributed by atoms with Gasteiger partial charge < -0.3 is 5.11 Å². The van der Waals surface area contributed by atoms with E-state index in [0.29, 0.717) is 11.3 Å². The zero-order valence-corrected chi connectivity index (χ0v) is 6.80. The Balaban J connectivity index is 2.11. The molecule has 10 heavy (non-hydrogen) atoms. The van der Waals surface area contributed by atoms with Crippen LogP contribution in [0.4, 0.5) is 0 Å². The van der Waals surface area contributed by atoms with Crippen LogP contribution in [-0.2, 0) is 0 Å². The molecule has 1 N–H and O–H groups in total. The van der Waals surface area contributed by atoms with Crippen LogP contribution in [-0.4, -0.2) is 11.2 Å². The number of aliphatic hydroxyl groups excluding tert-OH is 1. The van der Waals surface area contributed by atoms with Crippen molar-refractivity contribution in [1.29, 1.82) is 0 Å². The van der Waals surface area contributed by atoms with Gasteiger partial charge in [-0.25, -0.2) is 0 Å². The lowest BCUT2D eigenvalue weighted by atomic mass is 9.90. The highest BCUT2D eigenvalue weighted by molar-refractivity contribution is 5.11. The van der Waals surface area contributed by atoms with Gasteiger partial charge in [-0.2, -0.15) is 0 Å². The Kier molecular flexibility index (Phi) is 1.17. The van der Waals surface area contributed by atoms with Crippen molar-refractivity contribution in [2.24, 2.45) is 17.3 Å². The molecule has 1 nitrogen and oxygen atoms in total. The van der Waals surface area contributed by atoms with Crippen LogP contribution in [0.25, 0.3) is 0 Å². The summed E-state index contributed by atoms with van der Waals surface area (Å²) in [6.07, 6.45) is 3.67. The van der Waals surface area contributed by atoms with Crippen molar-refractivity contribution in [3.63, 3.8) is 0 Å². The molecule has 0 amide bonds. The van der Waals surface area contributed by atoms with Crippen LogP contribution in [0.1, 0.15) is 33.1 Å². The third-order valence-corrected chi connectivity index (χ3v) is 3.70. The van der Waals surface area contributed by atoms with Crippen molar-refractivity contribution in [1.82, 2.24) is 0 Å². The van der Waals surface area contributed by atoms with Crippen LogP contribution < -0.4 is 0 Å². The molecule has 0 aromatic carbocycles. The topological polar surface area (TPSA) is 20.2 Å². The Morgan fingerprint density at radius 2 is 2.20 bits per heavy atom. The quantitative estimate of drug-likeness (QED) is 0.589. The van der Waals surface area contributed by atoms with Gasteiger partial charge in [0.15, 0.2) is 0 Å². The monoisotopic (exact) mass is 140 g/mol. The summed E-state index contributed by atoms with van der Waals surface area (Å²) in [5.41, 5.74) is 0.583. The van der Waals surface area contributed by atoms with Gasteiger partial charge in [-0.15, -0.1) is 0 Å². The first-order valence-corrected chi connectivity index (χ1v) is 4.35. The van der Waals surface area contributed by atoms with Crippen LogP contribution in [0.5, 0.6) is 0 Å². The molecule has 1 unspecified atom stereocenters. The Hall–Kier alpha value is -0.0400. The number of aliphatic hydroxyl groups is 1. The second-order valence-electron chi connectivity index (χ2n) is 4.30. The predicted molar refractivity (Wildman–Crippen MR) is 40.6 cm³/mol. The summed E-state index contributed by atoms with van der Waals surface area (Å²) in [6.45, 7) is 4.58. The van der Waals surface area contributed by atoms with E-state index in [-0.39, 0.29) is 6.10 Å². The minimum atomic E-state index is 0.0439. The molecule has 0 aromatic heterocycles. The zero-order chi connectivity index (χ0) is 7.35. The summed E-state index contributed by atoms with van der Waals surface area (Å²) in [4.78, 5) is 0. The summed E-state index contributed by atoms with van der Waals surface area (Å²) in [7, 11) is 0. The van der Waals surface area contributed by atoms with E-state index in [0.717, 1.165) is 12.3 Å². The largest absolute Gasteiger partial charge is 0.393 e. The van der Waals surface area contributed by atoms with Crippen molar-refractivity contribution in [3.05, 3.63) is 0 Å². The summed E-state index contributed by atoms with van der Waals surface area (Å²) >= 11 is 0. The second kappa shape index (κ2) is 1.76. The van der Waals surface area contributed by atoms with Gasteiger partial charge in [0.25, 0.3) is 0 Å². The van der Waals surface area contributed by atoms with Gasteiger partial charge in [0.2, 0.25) is 0 Å². The molecular formula is C9H16O. The fourth-order valence-corrected chi connectivity index (χ4v) is 2.73. The highest BCUT2D eigenvalue weighted by Gasteiger charge is 2.62. The van der Waals surface area contributed by atoms with E-state index in [2.05, 4.69) is 13.8 Å². The smallest absolute Gasteiger partial charge is 0.0574 e. The molecule has 0 bridgehead atoms. The van der Waals surface area contributed by atoms with Crippen molar-refractivity contribution in [2.75, 3.05) is 0 Å². The molecule has 1 heteroatoms. The van der Waals surface area contributed by atoms with Crippen LogP contribution in [0.15, 0.2) is 0 Å². The Bertz CT molecular complexity index is 153. The lowest BCUT2D eigenvalue weighted by Crippen LogP contribution is -2.08.